The number of aromatic nitrogens is 2. The Morgan fingerprint density at radius 3 is 2.85 bits per heavy atom. The number of hydrogen-bond acceptors (Lipinski definition) is 6. The number of ether oxygens (including phenoxy) is 1. The van der Waals surface area contributed by atoms with E-state index in [1.165, 1.54) is 31.1 Å². The topological polar surface area (TPSA) is 78.1 Å². The Bertz CT molecular complexity index is 637. The molecule has 2 N–H and O–H groups in total. The molecule has 0 amide bonds. The van der Waals surface area contributed by atoms with Gasteiger partial charge >= 0.3 is 5.97 Å². The van der Waals surface area contributed by atoms with Crippen molar-refractivity contribution in [2.45, 2.75) is 10.6 Å². The van der Waals surface area contributed by atoms with Gasteiger partial charge in [0, 0.05) is 11.1 Å². The largest absolute Gasteiger partial charge is 0.465 e. The Labute approximate surface area is 119 Å². The molecule has 0 saturated carbocycles. The van der Waals surface area contributed by atoms with Gasteiger partial charge in [0.25, 0.3) is 0 Å². The molecule has 2 rings (SSSR count). The monoisotopic (exact) mass is 293 g/mol. The van der Waals surface area contributed by atoms with Gasteiger partial charge < -0.3 is 10.5 Å². The number of anilines is 1. The molecule has 0 fully saturated rings. The Hall–Kier alpha value is -2.15. The van der Waals surface area contributed by atoms with E-state index in [4.69, 9.17) is 5.73 Å². The van der Waals surface area contributed by atoms with E-state index in [1.807, 2.05) is 0 Å². The van der Waals surface area contributed by atoms with Crippen LogP contribution in [0.2, 0.25) is 0 Å². The zero-order chi connectivity index (χ0) is 14.5. The summed E-state index contributed by atoms with van der Waals surface area (Å²) in [6, 6.07) is 6.43. The number of nitrogen functional groups attached to an aromatic ring is 1. The van der Waals surface area contributed by atoms with E-state index >= 15 is 0 Å². The van der Waals surface area contributed by atoms with Crippen molar-refractivity contribution < 1.29 is 13.9 Å². The van der Waals surface area contributed by atoms with E-state index in [9.17, 15) is 9.18 Å². The van der Waals surface area contributed by atoms with Crippen LogP contribution in [0.15, 0.2) is 35.4 Å². The fourth-order valence-corrected chi connectivity index (χ4v) is 2.28. The maximum Gasteiger partial charge on any atom is 0.343 e. The first-order valence-corrected chi connectivity index (χ1v) is 6.67. The molecule has 0 radical (unpaired) electrons. The van der Waals surface area contributed by atoms with Crippen molar-refractivity contribution in [2.75, 3.05) is 12.8 Å². The Morgan fingerprint density at radius 2 is 2.20 bits per heavy atom. The molecule has 2 aromatic rings. The molecule has 0 aliphatic rings. The maximum absolute atomic E-state index is 13.4. The highest BCUT2D eigenvalue weighted by Gasteiger charge is 2.13. The summed E-state index contributed by atoms with van der Waals surface area (Å²) in [7, 11) is 1.25. The highest BCUT2D eigenvalue weighted by atomic mass is 32.2. The molecule has 0 aliphatic heterocycles. The normalized spacial score (nSPS) is 10.3. The minimum atomic E-state index is -0.587. The summed E-state index contributed by atoms with van der Waals surface area (Å²) >= 11 is 1.26. The predicted octanol–water partition coefficient (Wildman–Crippen LogP) is 2.28. The molecule has 0 bridgehead atoms. The van der Waals surface area contributed by atoms with Crippen LogP contribution in [0.4, 0.5) is 10.2 Å². The highest BCUT2D eigenvalue weighted by molar-refractivity contribution is 7.98. The number of halogens is 1. The maximum atomic E-state index is 13.4. The summed E-state index contributed by atoms with van der Waals surface area (Å²) in [6.45, 7) is 0. The van der Waals surface area contributed by atoms with Crippen LogP contribution >= 0.6 is 11.8 Å². The minimum absolute atomic E-state index is 0.0518. The van der Waals surface area contributed by atoms with E-state index < -0.39 is 5.97 Å². The smallest absolute Gasteiger partial charge is 0.343 e. The number of carbonyl (C=O) groups excluding carboxylic acids is 1. The van der Waals surface area contributed by atoms with Crippen molar-refractivity contribution >= 4 is 23.5 Å². The average molecular weight is 293 g/mol. The van der Waals surface area contributed by atoms with Gasteiger partial charge in [-0.15, -0.1) is 11.8 Å². The van der Waals surface area contributed by atoms with Crippen molar-refractivity contribution in [1.82, 2.24) is 9.97 Å². The van der Waals surface area contributed by atoms with E-state index in [1.54, 1.807) is 18.2 Å². The molecule has 5 nitrogen and oxygen atoms in total. The standard InChI is InChI=1S/C13H12FN3O2S/c1-19-13(18)8-6-16-11(17-12(8)15)7-20-10-5-3-2-4-9(10)14/h2-6H,7H2,1H3,(H2,15,16,17). The van der Waals surface area contributed by atoms with Gasteiger partial charge in [0.15, 0.2) is 0 Å². The average Bonchev–Trinajstić information content (AvgIpc) is 2.46. The highest BCUT2D eigenvalue weighted by Crippen LogP contribution is 2.24. The number of rotatable bonds is 4. The molecule has 0 aliphatic carbocycles. The number of benzene rings is 1. The van der Waals surface area contributed by atoms with Crippen LogP contribution in [-0.2, 0) is 10.5 Å². The van der Waals surface area contributed by atoms with E-state index in [0.29, 0.717) is 16.5 Å². The van der Waals surface area contributed by atoms with E-state index in [-0.39, 0.29) is 17.2 Å². The van der Waals surface area contributed by atoms with Crippen molar-refractivity contribution in [1.29, 1.82) is 0 Å². The molecule has 0 atom stereocenters. The Balaban J connectivity index is 2.10. The Morgan fingerprint density at radius 1 is 1.45 bits per heavy atom. The molecule has 1 heterocycles. The van der Waals surface area contributed by atoms with E-state index in [0.717, 1.165) is 0 Å². The van der Waals surface area contributed by atoms with Gasteiger partial charge in [-0.3, -0.25) is 0 Å². The van der Waals surface area contributed by atoms with Gasteiger partial charge in [0.05, 0.1) is 12.9 Å². The van der Waals surface area contributed by atoms with Crippen molar-refractivity contribution in [2.24, 2.45) is 0 Å². The summed E-state index contributed by atoms with van der Waals surface area (Å²) in [4.78, 5) is 19.9. The van der Waals surface area contributed by atoms with Crippen molar-refractivity contribution in [3.63, 3.8) is 0 Å². The van der Waals surface area contributed by atoms with Crippen LogP contribution < -0.4 is 5.73 Å². The lowest BCUT2D eigenvalue weighted by Gasteiger charge is -2.05. The van der Waals surface area contributed by atoms with Crippen LogP contribution in [-0.4, -0.2) is 23.0 Å². The molecule has 1 aromatic carbocycles. The van der Waals surface area contributed by atoms with Crippen molar-refractivity contribution in [3.05, 3.63) is 47.7 Å². The van der Waals surface area contributed by atoms with Gasteiger partial charge in [-0.2, -0.15) is 0 Å². The second-order valence-corrected chi connectivity index (χ2v) is 4.81. The first-order valence-electron chi connectivity index (χ1n) is 5.69. The van der Waals surface area contributed by atoms with Crippen LogP contribution in [0.5, 0.6) is 0 Å². The molecule has 20 heavy (non-hydrogen) atoms. The van der Waals surface area contributed by atoms with Gasteiger partial charge in [0.1, 0.15) is 23.0 Å². The van der Waals surface area contributed by atoms with Crippen LogP contribution in [0.3, 0.4) is 0 Å². The van der Waals surface area contributed by atoms with Crippen LogP contribution in [0.25, 0.3) is 0 Å². The number of methoxy groups -OCH3 is 1. The van der Waals surface area contributed by atoms with Crippen LogP contribution in [0, 0.1) is 5.82 Å². The molecule has 0 spiro atoms. The van der Waals surface area contributed by atoms with Crippen molar-refractivity contribution in [3.8, 4) is 0 Å². The first-order chi connectivity index (χ1) is 9.61. The molecular formula is C13H12FN3O2S. The quantitative estimate of drug-likeness (QED) is 0.688. The number of nitrogens with zero attached hydrogens (tertiary/aromatic N) is 2. The lowest BCUT2D eigenvalue weighted by Crippen LogP contribution is -2.09. The molecule has 1 aromatic heterocycles. The summed E-state index contributed by atoms with van der Waals surface area (Å²) in [5, 5.41) is 0. The number of hydrogen-bond donors (Lipinski definition) is 1. The number of carbonyl (C=O) groups is 1. The summed E-state index contributed by atoms with van der Waals surface area (Å²) in [5.74, 6) is -0.0566. The van der Waals surface area contributed by atoms with Gasteiger partial charge in [0.2, 0.25) is 0 Å². The molecule has 104 valence electrons. The summed E-state index contributed by atoms with van der Waals surface area (Å²) in [6.07, 6.45) is 1.31. The zero-order valence-electron chi connectivity index (χ0n) is 10.7. The minimum Gasteiger partial charge on any atom is -0.465 e. The predicted molar refractivity (Wildman–Crippen MR) is 73.7 cm³/mol. The summed E-state index contributed by atoms with van der Waals surface area (Å²) < 4.78 is 18.0. The molecule has 0 unspecified atom stereocenters. The molecule has 0 saturated heterocycles. The second kappa shape index (κ2) is 6.33. The third kappa shape index (κ3) is 3.24. The fraction of sp³-hybridized carbons (Fsp3) is 0.154. The third-order valence-corrected chi connectivity index (χ3v) is 3.51. The number of nitrogens with two attached hydrogens (primary N) is 1. The SMILES string of the molecule is COC(=O)c1cnc(CSc2ccccc2F)nc1N. The molecule has 7 heteroatoms. The van der Waals surface area contributed by atoms with Gasteiger partial charge in [-0.1, -0.05) is 12.1 Å². The Kier molecular flexibility index (Phi) is 4.52. The second-order valence-electron chi connectivity index (χ2n) is 3.80. The van der Waals surface area contributed by atoms with Gasteiger partial charge in [-0.25, -0.2) is 19.2 Å². The lowest BCUT2D eigenvalue weighted by atomic mass is 10.3. The van der Waals surface area contributed by atoms with E-state index in [2.05, 4.69) is 14.7 Å². The molecular weight excluding hydrogens is 281 g/mol. The third-order valence-electron chi connectivity index (χ3n) is 2.47. The zero-order valence-corrected chi connectivity index (χ0v) is 11.5. The summed E-state index contributed by atoms with van der Waals surface area (Å²) in [5.41, 5.74) is 5.78. The fourth-order valence-electron chi connectivity index (χ4n) is 1.47. The van der Waals surface area contributed by atoms with Gasteiger partial charge in [-0.05, 0) is 12.1 Å². The van der Waals surface area contributed by atoms with Crippen LogP contribution in [0.1, 0.15) is 16.2 Å². The lowest BCUT2D eigenvalue weighted by molar-refractivity contribution is 0.0601. The number of thioether (sulfide) groups is 1. The first kappa shape index (κ1) is 14.3. The number of esters is 1.